The zero-order valence-electron chi connectivity index (χ0n) is 10.4. The molecule has 0 amide bonds. The van der Waals surface area contributed by atoms with Gasteiger partial charge in [0.05, 0.1) is 5.41 Å². The third-order valence-corrected chi connectivity index (χ3v) is 4.14. The molecule has 16 heavy (non-hydrogen) atoms. The first-order valence-corrected chi connectivity index (χ1v) is 6.54. The van der Waals surface area contributed by atoms with E-state index < -0.39 is 11.6 Å². The molecule has 0 bridgehead atoms. The summed E-state index contributed by atoms with van der Waals surface area (Å²) in [5, 5.41) is 0. The normalized spacial score (nSPS) is 21.6. The van der Waals surface area contributed by atoms with Crippen LogP contribution in [0.2, 0.25) is 0 Å². The van der Waals surface area contributed by atoms with Gasteiger partial charge in [0.25, 0.3) is 0 Å². The van der Waals surface area contributed by atoms with E-state index in [1.165, 1.54) is 0 Å². The summed E-state index contributed by atoms with van der Waals surface area (Å²) in [5.74, 6) is -0.133. The molecule has 1 atom stereocenters. The molecule has 0 heterocycles. The molecule has 1 aliphatic carbocycles. The fourth-order valence-electron chi connectivity index (χ4n) is 2.98. The van der Waals surface area contributed by atoms with Crippen molar-refractivity contribution in [2.75, 3.05) is 0 Å². The molecule has 0 aliphatic heterocycles. The van der Waals surface area contributed by atoms with Crippen LogP contribution in [0.4, 0.5) is 13.2 Å². The summed E-state index contributed by atoms with van der Waals surface area (Å²) in [6.45, 7) is 4.03. The Morgan fingerprint density at radius 2 is 1.69 bits per heavy atom. The van der Waals surface area contributed by atoms with Gasteiger partial charge in [-0.2, -0.15) is 13.2 Å². The maximum atomic E-state index is 13.2. The molecule has 1 fully saturated rings. The van der Waals surface area contributed by atoms with E-state index in [1.54, 1.807) is 0 Å². The highest BCUT2D eigenvalue weighted by molar-refractivity contribution is 4.98. The highest BCUT2D eigenvalue weighted by Crippen LogP contribution is 2.59. The number of hydrogen-bond acceptors (Lipinski definition) is 0. The number of rotatable bonds is 6. The molecule has 1 aliphatic rings. The number of hydrogen-bond donors (Lipinski definition) is 0. The second-order valence-electron chi connectivity index (χ2n) is 5.14. The van der Waals surface area contributed by atoms with Crippen molar-refractivity contribution < 1.29 is 13.2 Å². The molecule has 0 saturated heterocycles. The fraction of sp³-hybridized carbons (Fsp3) is 1.00. The van der Waals surface area contributed by atoms with Gasteiger partial charge < -0.3 is 0 Å². The topological polar surface area (TPSA) is 0 Å². The molecule has 0 aromatic carbocycles. The summed E-state index contributed by atoms with van der Waals surface area (Å²) in [7, 11) is 0. The van der Waals surface area contributed by atoms with Crippen molar-refractivity contribution >= 4 is 0 Å². The van der Waals surface area contributed by atoms with Crippen LogP contribution in [0.5, 0.6) is 0 Å². The predicted molar refractivity (Wildman–Crippen MR) is 60.3 cm³/mol. The van der Waals surface area contributed by atoms with E-state index in [-0.39, 0.29) is 5.92 Å². The molecule has 0 aromatic heterocycles. The van der Waals surface area contributed by atoms with Gasteiger partial charge in [0.1, 0.15) is 0 Å². The molecule has 0 aromatic rings. The minimum atomic E-state index is -3.99. The van der Waals surface area contributed by atoms with E-state index in [2.05, 4.69) is 0 Å². The van der Waals surface area contributed by atoms with Crippen LogP contribution in [0.25, 0.3) is 0 Å². The molecule has 1 rings (SSSR count). The lowest BCUT2D eigenvalue weighted by atomic mass is 9.58. The quantitative estimate of drug-likeness (QED) is 0.585. The van der Waals surface area contributed by atoms with Crippen molar-refractivity contribution in [3.63, 3.8) is 0 Å². The third kappa shape index (κ3) is 2.54. The first-order chi connectivity index (χ1) is 7.48. The van der Waals surface area contributed by atoms with Gasteiger partial charge in [-0.15, -0.1) is 0 Å². The minimum absolute atomic E-state index is 0.133. The molecule has 0 radical (unpaired) electrons. The minimum Gasteiger partial charge on any atom is -0.170 e. The monoisotopic (exact) mass is 236 g/mol. The van der Waals surface area contributed by atoms with Crippen LogP contribution in [-0.4, -0.2) is 6.18 Å². The molecule has 1 unspecified atom stereocenters. The van der Waals surface area contributed by atoms with Gasteiger partial charge in [0.15, 0.2) is 0 Å². The van der Waals surface area contributed by atoms with Crippen molar-refractivity contribution in [3.8, 4) is 0 Å². The Labute approximate surface area is 96.6 Å². The first kappa shape index (κ1) is 13.9. The zero-order chi connectivity index (χ0) is 12.2. The van der Waals surface area contributed by atoms with Gasteiger partial charge in [0.2, 0.25) is 0 Å². The third-order valence-electron chi connectivity index (χ3n) is 4.14. The summed E-state index contributed by atoms with van der Waals surface area (Å²) >= 11 is 0. The summed E-state index contributed by atoms with van der Waals surface area (Å²) < 4.78 is 39.5. The van der Waals surface area contributed by atoms with Gasteiger partial charge in [-0.1, -0.05) is 39.5 Å². The Bertz CT molecular complexity index is 204. The van der Waals surface area contributed by atoms with Crippen molar-refractivity contribution in [2.45, 2.75) is 71.4 Å². The van der Waals surface area contributed by atoms with Gasteiger partial charge in [-0.05, 0) is 31.6 Å². The molecule has 3 heteroatoms. The highest BCUT2D eigenvalue weighted by Gasteiger charge is 2.61. The van der Waals surface area contributed by atoms with Crippen molar-refractivity contribution in [1.82, 2.24) is 0 Å². The van der Waals surface area contributed by atoms with E-state index in [4.69, 9.17) is 0 Å². The van der Waals surface area contributed by atoms with E-state index in [0.717, 1.165) is 38.5 Å². The van der Waals surface area contributed by atoms with Gasteiger partial charge in [-0.3, -0.25) is 0 Å². The maximum Gasteiger partial charge on any atom is 0.394 e. The Morgan fingerprint density at radius 1 is 1.06 bits per heavy atom. The van der Waals surface area contributed by atoms with Crippen LogP contribution in [0.15, 0.2) is 0 Å². The predicted octanol–water partition coefficient (Wildman–Crippen LogP) is 5.33. The average Bonchev–Trinajstić information content (AvgIpc) is 2.09. The molecular formula is C13H23F3. The van der Waals surface area contributed by atoms with Gasteiger partial charge in [-0.25, -0.2) is 0 Å². The van der Waals surface area contributed by atoms with E-state index in [9.17, 15) is 13.2 Å². The largest absolute Gasteiger partial charge is 0.394 e. The van der Waals surface area contributed by atoms with E-state index in [0.29, 0.717) is 12.8 Å². The highest BCUT2D eigenvalue weighted by atomic mass is 19.4. The number of unbranched alkanes of at least 4 members (excludes halogenated alkanes) is 1. The van der Waals surface area contributed by atoms with Gasteiger partial charge >= 0.3 is 6.18 Å². The lowest BCUT2D eigenvalue weighted by Crippen LogP contribution is -2.49. The van der Waals surface area contributed by atoms with Crippen LogP contribution in [0, 0.1) is 11.3 Å². The van der Waals surface area contributed by atoms with Crippen LogP contribution >= 0.6 is 0 Å². The Kier molecular flexibility index (Phi) is 4.69. The lowest BCUT2D eigenvalue weighted by Gasteiger charge is -2.49. The average molecular weight is 236 g/mol. The van der Waals surface area contributed by atoms with Crippen molar-refractivity contribution in [1.29, 1.82) is 0 Å². The van der Waals surface area contributed by atoms with E-state index >= 15 is 0 Å². The van der Waals surface area contributed by atoms with Gasteiger partial charge in [0, 0.05) is 0 Å². The zero-order valence-corrected chi connectivity index (χ0v) is 10.4. The summed E-state index contributed by atoms with van der Waals surface area (Å²) in [5.41, 5.74) is -1.32. The standard InChI is InChI=1S/C13H23F3/c1-3-5-8-11(7-4-2)12(9-6-10-12)13(14,15)16/h11H,3-10H2,1-2H3. The smallest absolute Gasteiger partial charge is 0.170 e. The second-order valence-corrected chi connectivity index (χ2v) is 5.14. The second kappa shape index (κ2) is 5.42. The molecular weight excluding hydrogens is 213 g/mol. The number of halogens is 3. The van der Waals surface area contributed by atoms with Crippen LogP contribution in [0.3, 0.4) is 0 Å². The van der Waals surface area contributed by atoms with E-state index in [1.807, 2.05) is 13.8 Å². The maximum absolute atomic E-state index is 13.2. The van der Waals surface area contributed by atoms with Crippen LogP contribution < -0.4 is 0 Å². The lowest BCUT2D eigenvalue weighted by molar-refractivity contribution is -0.273. The molecule has 0 nitrogen and oxygen atoms in total. The molecule has 1 saturated carbocycles. The van der Waals surface area contributed by atoms with Crippen molar-refractivity contribution in [3.05, 3.63) is 0 Å². The molecule has 0 spiro atoms. The Balaban J connectivity index is 2.72. The molecule has 96 valence electrons. The number of alkyl halides is 3. The summed E-state index contributed by atoms with van der Waals surface area (Å²) in [6.07, 6.45) is 1.78. The Morgan fingerprint density at radius 3 is 2.00 bits per heavy atom. The van der Waals surface area contributed by atoms with Crippen LogP contribution in [-0.2, 0) is 0 Å². The van der Waals surface area contributed by atoms with Crippen molar-refractivity contribution in [2.24, 2.45) is 11.3 Å². The fourth-order valence-corrected chi connectivity index (χ4v) is 2.98. The summed E-state index contributed by atoms with van der Waals surface area (Å²) in [4.78, 5) is 0. The molecule has 0 N–H and O–H groups in total. The SMILES string of the molecule is CCCCC(CCC)C1(C(F)(F)F)CCC1. The first-order valence-electron chi connectivity index (χ1n) is 6.54. The summed E-state index contributed by atoms with van der Waals surface area (Å²) in [6, 6.07) is 0. The van der Waals surface area contributed by atoms with Crippen LogP contribution in [0.1, 0.15) is 65.2 Å². The Hall–Kier alpha value is -0.210.